The summed E-state index contributed by atoms with van der Waals surface area (Å²) < 4.78 is 150. The van der Waals surface area contributed by atoms with Gasteiger partial charge in [-0.2, -0.15) is 0 Å². The average molecular weight is 819 g/mol. The zero-order chi connectivity index (χ0) is 42.5. The number of azide groups is 1. The van der Waals surface area contributed by atoms with Crippen molar-refractivity contribution in [2.45, 2.75) is 76.2 Å². The average Bonchev–Trinajstić information content (AvgIpc) is 3.94. The molecule has 1 aliphatic rings. The molecular weight excluding hydrogens is 786 g/mol. The van der Waals surface area contributed by atoms with Crippen molar-refractivity contribution in [3.63, 3.8) is 0 Å². The molecule has 0 bridgehead atoms. The maximum Gasteiger partial charge on any atom is 0.243 e. The number of halogens is 10. The molecule has 1 fully saturated rings. The molecule has 3 N–H and O–H groups in total. The van der Waals surface area contributed by atoms with Gasteiger partial charge in [0.2, 0.25) is 29.4 Å². The number of amides is 3. The molecule has 11 nitrogen and oxygen atoms in total. The number of nitrogens with one attached hydrogen (secondary N) is 3. The second-order valence-corrected chi connectivity index (χ2v) is 13.6. The van der Waals surface area contributed by atoms with Crippen LogP contribution in [0.5, 0.6) is 0 Å². The zero-order valence-electron chi connectivity index (χ0n) is 30.0. The van der Waals surface area contributed by atoms with E-state index in [9.17, 15) is 63.1 Å². The van der Waals surface area contributed by atoms with Crippen LogP contribution in [0.15, 0.2) is 35.4 Å². The fourth-order valence-electron chi connectivity index (χ4n) is 5.71. The lowest BCUT2D eigenvalue weighted by atomic mass is 9.92. The van der Waals surface area contributed by atoms with Crippen LogP contribution in [0.2, 0.25) is 0 Å². The van der Waals surface area contributed by atoms with Crippen LogP contribution >= 0.6 is 0 Å². The van der Waals surface area contributed by atoms with Crippen molar-refractivity contribution in [1.29, 1.82) is 0 Å². The lowest BCUT2D eigenvalue weighted by Crippen LogP contribution is -2.58. The van der Waals surface area contributed by atoms with Gasteiger partial charge in [0.05, 0.1) is 12.6 Å². The molecule has 0 aliphatic carbocycles. The summed E-state index contributed by atoms with van der Waals surface area (Å²) in [5.41, 5.74) is 4.79. The van der Waals surface area contributed by atoms with Gasteiger partial charge in [0.25, 0.3) is 0 Å². The third kappa shape index (κ3) is 10.0. The first-order chi connectivity index (χ1) is 26.7. The van der Waals surface area contributed by atoms with Gasteiger partial charge in [0.15, 0.2) is 52.3 Å². The molecule has 0 radical (unpaired) electrons. The minimum absolute atomic E-state index is 0.0683. The summed E-state index contributed by atoms with van der Waals surface area (Å²) in [7, 11) is 0. The van der Waals surface area contributed by atoms with E-state index >= 15 is 0 Å². The minimum Gasteiger partial charge on any atom is -0.361 e. The lowest BCUT2D eigenvalue weighted by molar-refractivity contribution is -0.134. The number of benzene rings is 3. The number of carbonyl (C=O) groups is 4. The molecule has 4 rings (SSSR count). The molecule has 0 aromatic heterocycles. The molecule has 0 unspecified atom stereocenters. The fraction of sp³-hybridized carbons (Fsp3) is 0.389. The molecule has 3 aromatic carbocycles. The summed E-state index contributed by atoms with van der Waals surface area (Å²) in [4.78, 5) is 56.9. The molecular formula is C36H32F10N6O5. The highest BCUT2D eigenvalue weighted by Gasteiger charge is 2.50. The molecule has 1 heterocycles. The van der Waals surface area contributed by atoms with Gasteiger partial charge in [-0.15, -0.1) is 0 Å². The van der Waals surface area contributed by atoms with E-state index in [1.54, 1.807) is 19.9 Å². The number of hydrogen-bond acceptors (Lipinski definition) is 6. The number of rotatable bonds is 17. The van der Waals surface area contributed by atoms with Gasteiger partial charge in [-0.1, -0.05) is 49.3 Å². The fourth-order valence-corrected chi connectivity index (χ4v) is 5.71. The van der Waals surface area contributed by atoms with Crippen LogP contribution in [0.25, 0.3) is 10.4 Å². The van der Waals surface area contributed by atoms with E-state index in [2.05, 4.69) is 15.3 Å². The largest absolute Gasteiger partial charge is 0.361 e. The van der Waals surface area contributed by atoms with E-state index in [1.165, 1.54) is 31.2 Å². The SMILES string of the molecule is CC(C)C[C@H](NC(=O)[C@H](Cc1c(F)c(F)c(F)c(F)c1F)NC(=O)[C@H](Cc1c(F)c(F)c(F)c(F)c1F)NC(=O)[C@H](Cc1ccccc1)N=[N+]=[N-])C(=O)[C@@]1(C)CO1. The predicted octanol–water partition coefficient (Wildman–Crippen LogP) is 5.64. The van der Waals surface area contributed by atoms with Crippen LogP contribution in [-0.4, -0.2) is 59.9 Å². The van der Waals surface area contributed by atoms with Gasteiger partial charge in [-0.25, -0.2) is 43.9 Å². The maximum absolute atomic E-state index is 14.9. The van der Waals surface area contributed by atoms with Crippen LogP contribution in [0.3, 0.4) is 0 Å². The number of ether oxygens (including phenoxy) is 1. The molecule has 5 atom stereocenters. The van der Waals surface area contributed by atoms with Crippen molar-refractivity contribution in [2.75, 3.05) is 6.61 Å². The van der Waals surface area contributed by atoms with Crippen molar-refractivity contribution in [3.05, 3.63) is 116 Å². The van der Waals surface area contributed by atoms with Crippen molar-refractivity contribution < 1.29 is 67.8 Å². The van der Waals surface area contributed by atoms with E-state index in [1.807, 2.05) is 10.6 Å². The summed E-state index contributed by atoms with van der Waals surface area (Å²) in [5, 5.41) is 9.37. The summed E-state index contributed by atoms with van der Waals surface area (Å²) >= 11 is 0. The Labute approximate surface area is 316 Å². The Kier molecular flexibility index (Phi) is 13.9. The Morgan fingerprint density at radius 2 is 1.05 bits per heavy atom. The molecule has 21 heteroatoms. The van der Waals surface area contributed by atoms with Crippen LogP contribution in [0, 0.1) is 64.1 Å². The Morgan fingerprint density at radius 3 is 1.44 bits per heavy atom. The summed E-state index contributed by atoms with van der Waals surface area (Å²) in [6, 6.07) is -0.456. The van der Waals surface area contributed by atoms with Gasteiger partial charge < -0.3 is 20.7 Å². The van der Waals surface area contributed by atoms with Crippen molar-refractivity contribution in [1.82, 2.24) is 16.0 Å². The number of ketones is 1. The van der Waals surface area contributed by atoms with E-state index in [0.717, 1.165) is 0 Å². The number of hydrogen-bond donors (Lipinski definition) is 3. The first kappa shape index (κ1) is 44.0. The molecule has 306 valence electrons. The number of nitrogens with zero attached hydrogens (tertiary/aromatic N) is 3. The highest BCUT2D eigenvalue weighted by Crippen LogP contribution is 2.30. The molecule has 3 aromatic rings. The van der Waals surface area contributed by atoms with E-state index in [4.69, 9.17) is 10.3 Å². The predicted molar refractivity (Wildman–Crippen MR) is 178 cm³/mol. The van der Waals surface area contributed by atoms with Gasteiger partial charge in [-0.05, 0) is 36.8 Å². The van der Waals surface area contributed by atoms with Crippen LogP contribution in [-0.2, 0) is 43.2 Å². The Balaban J connectivity index is 1.79. The second-order valence-electron chi connectivity index (χ2n) is 13.6. The normalized spacial score (nSPS) is 16.9. The smallest absolute Gasteiger partial charge is 0.243 e. The first-order valence-corrected chi connectivity index (χ1v) is 16.9. The molecule has 1 aliphatic heterocycles. The molecule has 1 saturated heterocycles. The van der Waals surface area contributed by atoms with Crippen LogP contribution in [0.1, 0.15) is 43.9 Å². The number of carbonyl (C=O) groups excluding carboxylic acids is 4. The standard InChI is InChI=1S/C36H32F10N6O5/c1-14(2)9-18(32(53)36(3)13-57-36)48-33(54)19(11-16-22(37)26(41)30(45)27(42)23(16)38)49-34(55)20(12-17-24(39)28(43)31(46)29(44)25(17)40)50-35(56)21(51-52-47)10-15-7-5-4-6-8-15/h4-8,14,18-21H,9-13H2,1-3H3,(H,48,54)(H,49,55)(H,50,56)/t18-,19-,20-,21-,36+/m0/s1. The third-order valence-corrected chi connectivity index (χ3v) is 8.89. The minimum atomic E-state index is -2.58. The molecule has 57 heavy (non-hydrogen) atoms. The molecule has 0 saturated carbocycles. The molecule has 3 amide bonds. The zero-order valence-corrected chi connectivity index (χ0v) is 30.0. The summed E-state index contributed by atoms with van der Waals surface area (Å²) in [6.07, 6.45) is -3.61. The number of epoxide rings is 1. The molecule has 0 spiro atoms. The van der Waals surface area contributed by atoms with Gasteiger partial charge in [-0.3, -0.25) is 19.2 Å². The topological polar surface area (TPSA) is 166 Å². The quantitative estimate of drug-likeness (QED) is 0.0305. The van der Waals surface area contributed by atoms with E-state index < -0.39 is 135 Å². The summed E-state index contributed by atoms with van der Waals surface area (Å²) in [6.45, 7) is 4.56. The Bertz CT molecular complexity index is 2060. The highest BCUT2D eigenvalue weighted by atomic mass is 19.2. The monoisotopic (exact) mass is 818 g/mol. The summed E-state index contributed by atoms with van der Waals surface area (Å²) in [5.74, 6) is -30.4. The van der Waals surface area contributed by atoms with Gasteiger partial charge in [0, 0.05) is 28.9 Å². The van der Waals surface area contributed by atoms with Gasteiger partial charge >= 0.3 is 0 Å². The second kappa shape index (κ2) is 18.1. The maximum atomic E-state index is 14.9. The van der Waals surface area contributed by atoms with Crippen LogP contribution in [0.4, 0.5) is 43.9 Å². The highest BCUT2D eigenvalue weighted by molar-refractivity contribution is 5.98. The van der Waals surface area contributed by atoms with Gasteiger partial charge in [0.1, 0.15) is 23.7 Å². The van der Waals surface area contributed by atoms with E-state index in [-0.39, 0.29) is 25.4 Å². The lowest BCUT2D eigenvalue weighted by Gasteiger charge is -2.27. The Morgan fingerprint density at radius 1 is 0.667 bits per heavy atom. The number of Topliss-reactive ketones (excluding diaryl/α,β-unsaturated/α-hetero) is 1. The van der Waals surface area contributed by atoms with Crippen LogP contribution < -0.4 is 16.0 Å². The van der Waals surface area contributed by atoms with Crippen molar-refractivity contribution >= 4 is 23.5 Å². The van der Waals surface area contributed by atoms with Crippen molar-refractivity contribution in [2.24, 2.45) is 11.0 Å². The Hall–Kier alpha value is -5.69. The van der Waals surface area contributed by atoms with Crippen molar-refractivity contribution in [3.8, 4) is 0 Å². The third-order valence-electron chi connectivity index (χ3n) is 8.89. The first-order valence-electron chi connectivity index (χ1n) is 16.9. The van der Waals surface area contributed by atoms with E-state index in [0.29, 0.717) is 5.56 Å².